The lowest BCUT2D eigenvalue weighted by Gasteiger charge is -2.33. The highest BCUT2D eigenvalue weighted by atomic mass is 32.1. The molecule has 1 heterocycles. The lowest BCUT2D eigenvalue weighted by molar-refractivity contribution is 0.0602. The number of hydrogen-bond donors (Lipinski definition) is 1. The Hall–Kier alpha value is -0.390. The first-order valence-electron chi connectivity index (χ1n) is 5.33. The average Bonchev–Trinajstić information content (AvgIpc) is 2.29. The van der Waals surface area contributed by atoms with E-state index in [0.29, 0.717) is 12.6 Å². The van der Waals surface area contributed by atoms with Crippen LogP contribution >= 0.6 is 12.2 Å². The normalized spacial score (nSPS) is 17.5. The third-order valence-corrected chi connectivity index (χ3v) is 3.07. The van der Waals surface area contributed by atoms with Crippen molar-refractivity contribution in [1.29, 1.82) is 0 Å². The minimum Gasteiger partial charge on any atom is -0.383 e. The van der Waals surface area contributed by atoms with Crippen LogP contribution in [0.4, 0.5) is 0 Å². The van der Waals surface area contributed by atoms with E-state index in [9.17, 15) is 0 Å². The largest absolute Gasteiger partial charge is 0.383 e. The van der Waals surface area contributed by atoms with Gasteiger partial charge in [-0.25, -0.2) is 0 Å². The van der Waals surface area contributed by atoms with E-state index in [-0.39, 0.29) is 0 Å². The summed E-state index contributed by atoms with van der Waals surface area (Å²) >= 11 is 5.29. The molecule has 5 heteroatoms. The van der Waals surface area contributed by atoms with Crippen molar-refractivity contribution >= 4 is 17.3 Å². The van der Waals surface area contributed by atoms with E-state index in [1.165, 1.54) is 0 Å². The smallest absolute Gasteiger partial charge is 0.169 e. The summed E-state index contributed by atoms with van der Waals surface area (Å²) in [5.41, 5.74) is 0. The van der Waals surface area contributed by atoms with Gasteiger partial charge in [0.1, 0.15) is 0 Å². The van der Waals surface area contributed by atoms with E-state index in [0.717, 1.165) is 37.7 Å². The van der Waals surface area contributed by atoms with Crippen molar-refractivity contribution in [1.82, 2.24) is 10.2 Å². The van der Waals surface area contributed by atoms with Gasteiger partial charge < -0.3 is 19.7 Å². The highest BCUT2D eigenvalue weighted by Gasteiger charge is 2.19. The molecular formula is C10H20N2O2S. The van der Waals surface area contributed by atoms with Crippen molar-refractivity contribution in [3.8, 4) is 0 Å². The van der Waals surface area contributed by atoms with Crippen LogP contribution in [0.15, 0.2) is 0 Å². The Morgan fingerprint density at radius 3 is 2.80 bits per heavy atom. The molecule has 1 N–H and O–H groups in total. The molecule has 0 bridgehead atoms. The number of nitrogens with zero attached hydrogens (tertiary/aromatic N) is 1. The first-order valence-corrected chi connectivity index (χ1v) is 5.74. The number of methoxy groups -OCH3 is 1. The maximum atomic E-state index is 5.32. The SMILES string of the molecule is COCCNC(=S)N(C)C1CCOCC1. The van der Waals surface area contributed by atoms with E-state index in [1.54, 1.807) is 7.11 Å². The van der Waals surface area contributed by atoms with Crippen LogP contribution in [-0.2, 0) is 9.47 Å². The van der Waals surface area contributed by atoms with Gasteiger partial charge in [-0.1, -0.05) is 0 Å². The predicted molar refractivity (Wildman–Crippen MR) is 64.1 cm³/mol. The maximum Gasteiger partial charge on any atom is 0.169 e. The zero-order valence-electron chi connectivity index (χ0n) is 9.49. The van der Waals surface area contributed by atoms with E-state index in [2.05, 4.69) is 10.2 Å². The fourth-order valence-electron chi connectivity index (χ4n) is 1.62. The molecule has 0 aliphatic carbocycles. The van der Waals surface area contributed by atoms with Crippen LogP contribution in [0, 0.1) is 0 Å². The summed E-state index contributed by atoms with van der Waals surface area (Å²) in [5.74, 6) is 0. The van der Waals surface area contributed by atoms with Gasteiger partial charge in [-0.2, -0.15) is 0 Å². The van der Waals surface area contributed by atoms with Crippen LogP contribution < -0.4 is 5.32 Å². The third-order valence-electron chi connectivity index (χ3n) is 2.64. The van der Waals surface area contributed by atoms with Crippen molar-refractivity contribution in [2.24, 2.45) is 0 Å². The van der Waals surface area contributed by atoms with Crippen molar-refractivity contribution < 1.29 is 9.47 Å². The van der Waals surface area contributed by atoms with Gasteiger partial charge in [0.25, 0.3) is 0 Å². The summed E-state index contributed by atoms with van der Waals surface area (Å²) in [6.07, 6.45) is 2.12. The van der Waals surface area contributed by atoms with Gasteiger partial charge >= 0.3 is 0 Å². The fourth-order valence-corrected chi connectivity index (χ4v) is 1.87. The second-order valence-electron chi connectivity index (χ2n) is 3.68. The minimum atomic E-state index is 0.515. The fraction of sp³-hybridized carbons (Fsp3) is 0.900. The first-order chi connectivity index (χ1) is 7.25. The molecule has 88 valence electrons. The Morgan fingerprint density at radius 2 is 2.20 bits per heavy atom. The summed E-state index contributed by atoms with van der Waals surface area (Å²) < 4.78 is 10.3. The molecule has 1 fully saturated rings. The van der Waals surface area contributed by atoms with Crippen LogP contribution in [0.5, 0.6) is 0 Å². The molecule has 1 aliphatic rings. The molecular weight excluding hydrogens is 212 g/mol. The summed E-state index contributed by atoms with van der Waals surface area (Å²) in [6, 6.07) is 0.515. The Labute approximate surface area is 96.9 Å². The predicted octanol–water partition coefficient (Wildman–Crippen LogP) is 0.618. The van der Waals surface area contributed by atoms with Crippen LogP contribution in [0.1, 0.15) is 12.8 Å². The van der Waals surface area contributed by atoms with Gasteiger partial charge in [-0.15, -0.1) is 0 Å². The molecule has 1 saturated heterocycles. The van der Waals surface area contributed by atoms with Gasteiger partial charge in [0.05, 0.1) is 6.61 Å². The van der Waals surface area contributed by atoms with E-state index in [1.807, 2.05) is 7.05 Å². The molecule has 0 atom stereocenters. The van der Waals surface area contributed by atoms with Crippen LogP contribution in [0.25, 0.3) is 0 Å². The molecule has 1 aliphatic heterocycles. The quantitative estimate of drug-likeness (QED) is 0.567. The highest BCUT2D eigenvalue weighted by Crippen LogP contribution is 2.12. The second kappa shape index (κ2) is 6.98. The molecule has 15 heavy (non-hydrogen) atoms. The molecule has 0 aromatic carbocycles. The first kappa shape index (κ1) is 12.7. The van der Waals surface area contributed by atoms with Crippen LogP contribution in [0.3, 0.4) is 0 Å². The molecule has 0 aromatic rings. The zero-order valence-corrected chi connectivity index (χ0v) is 10.3. The average molecular weight is 232 g/mol. The molecule has 0 aromatic heterocycles. The lowest BCUT2D eigenvalue weighted by Crippen LogP contribution is -2.46. The Kier molecular flexibility index (Phi) is 5.90. The van der Waals surface area contributed by atoms with Gasteiger partial charge in [0.15, 0.2) is 5.11 Å². The second-order valence-corrected chi connectivity index (χ2v) is 4.07. The van der Waals surface area contributed by atoms with Gasteiger partial charge in [-0.05, 0) is 25.1 Å². The number of thiocarbonyl (C=S) groups is 1. The number of hydrogen-bond acceptors (Lipinski definition) is 3. The molecule has 0 amide bonds. The molecule has 1 rings (SSSR count). The standard InChI is InChI=1S/C10H20N2O2S/c1-12(9-3-6-14-7-4-9)10(15)11-5-8-13-2/h9H,3-8H2,1-2H3,(H,11,15). The van der Waals surface area contributed by atoms with Crippen molar-refractivity contribution in [2.45, 2.75) is 18.9 Å². The molecule has 0 radical (unpaired) electrons. The topological polar surface area (TPSA) is 33.7 Å². The van der Waals surface area contributed by atoms with Crippen molar-refractivity contribution in [3.63, 3.8) is 0 Å². The molecule has 0 saturated carbocycles. The summed E-state index contributed by atoms with van der Waals surface area (Å²) in [5, 5.41) is 3.98. The van der Waals surface area contributed by atoms with Crippen LogP contribution in [-0.4, -0.2) is 56.6 Å². The minimum absolute atomic E-state index is 0.515. The summed E-state index contributed by atoms with van der Waals surface area (Å²) in [7, 11) is 3.73. The number of ether oxygens (including phenoxy) is 2. The lowest BCUT2D eigenvalue weighted by atomic mass is 10.1. The molecule has 0 unspecified atom stereocenters. The maximum absolute atomic E-state index is 5.32. The monoisotopic (exact) mass is 232 g/mol. The van der Waals surface area contributed by atoms with E-state index in [4.69, 9.17) is 21.7 Å². The Balaban J connectivity index is 2.24. The van der Waals surface area contributed by atoms with E-state index < -0.39 is 0 Å². The van der Waals surface area contributed by atoms with E-state index >= 15 is 0 Å². The Bertz CT molecular complexity index is 196. The third kappa shape index (κ3) is 4.32. The number of nitrogens with one attached hydrogen (secondary N) is 1. The molecule has 4 nitrogen and oxygen atoms in total. The summed E-state index contributed by atoms with van der Waals surface area (Å²) in [6.45, 7) is 3.13. The number of rotatable bonds is 4. The van der Waals surface area contributed by atoms with Crippen molar-refractivity contribution in [2.75, 3.05) is 40.5 Å². The van der Waals surface area contributed by atoms with Crippen molar-refractivity contribution in [3.05, 3.63) is 0 Å². The van der Waals surface area contributed by atoms with Crippen LogP contribution in [0.2, 0.25) is 0 Å². The highest BCUT2D eigenvalue weighted by molar-refractivity contribution is 7.80. The van der Waals surface area contributed by atoms with Gasteiger partial charge in [0.2, 0.25) is 0 Å². The Morgan fingerprint density at radius 1 is 1.53 bits per heavy atom. The van der Waals surface area contributed by atoms with Gasteiger partial charge in [0, 0.05) is 40.0 Å². The zero-order chi connectivity index (χ0) is 11.1. The molecule has 0 spiro atoms. The summed E-state index contributed by atoms with van der Waals surface area (Å²) in [4.78, 5) is 2.13. The van der Waals surface area contributed by atoms with Gasteiger partial charge in [-0.3, -0.25) is 0 Å².